The first-order chi connectivity index (χ1) is 10.4. The van der Waals surface area contributed by atoms with Gasteiger partial charge in [-0.3, -0.25) is 19.7 Å². The number of imide groups is 1. The number of nitro benzene ring substituents is 1. The Bertz CT molecular complexity index is 715. The zero-order valence-corrected chi connectivity index (χ0v) is 11.7. The average molecular weight is 304 g/mol. The quantitative estimate of drug-likeness (QED) is 0.364. The molecular weight excluding hydrogens is 291 g/mol. The van der Waals surface area contributed by atoms with Crippen LogP contribution < -0.4 is 4.90 Å². The van der Waals surface area contributed by atoms with Crippen molar-refractivity contribution in [2.24, 2.45) is 17.8 Å². The second-order valence-electron chi connectivity index (χ2n) is 5.56. The normalized spacial score (nSPS) is 27.2. The van der Waals surface area contributed by atoms with Gasteiger partial charge in [0.15, 0.2) is 0 Å². The molecular formula is C15H13FN2O4. The molecule has 0 aromatic heterocycles. The molecule has 2 amide bonds. The van der Waals surface area contributed by atoms with Crippen molar-refractivity contribution in [3.8, 4) is 0 Å². The minimum absolute atomic E-state index is 0.123. The number of nitrogens with zero attached hydrogens (tertiary/aromatic N) is 2. The maximum absolute atomic E-state index is 14.0. The van der Waals surface area contributed by atoms with Crippen LogP contribution in [-0.4, -0.2) is 16.7 Å². The highest BCUT2D eigenvalue weighted by Crippen LogP contribution is 2.41. The van der Waals surface area contributed by atoms with Crippen molar-refractivity contribution >= 4 is 23.2 Å². The second kappa shape index (κ2) is 5.01. The van der Waals surface area contributed by atoms with Gasteiger partial charge < -0.3 is 0 Å². The number of carbonyl (C=O) groups excluding carboxylic acids is 2. The zero-order valence-electron chi connectivity index (χ0n) is 11.7. The summed E-state index contributed by atoms with van der Waals surface area (Å²) in [6.07, 6.45) is 4.12. The maximum atomic E-state index is 14.0. The summed E-state index contributed by atoms with van der Waals surface area (Å²) in [5, 5.41) is 10.8. The van der Waals surface area contributed by atoms with E-state index in [2.05, 4.69) is 0 Å². The van der Waals surface area contributed by atoms with Gasteiger partial charge in [-0.25, -0.2) is 9.29 Å². The van der Waals surface area contributed by atoms with E-state index in [0.717, 1.165) is 23.1 Å². The standard InChI is InChI=1S/C15H13FN2O4/c1-8-3-2-4-10-13(8)15(20)17(14(10)19)12-7-9(18(21)22)5-6-11(12)16/h2-3,5-8,10,13H,4H2,1H3/t8-,10+,13+/m1/s1. The lowest BCUT2D eigenvalue weighted by atomic mass is 9.78. The molecule has 2 aliphatic rings. The number of carbonyl (C=O) groups is 2. The second-order valence-corrected chi connectivity index (χ2v) is 5.56. The first-order valence-corrected chi connectivity index (χ1v) is 6.90. The average Bonchev–Trinajstić information content (AvgIpc) is 2.72. The van der Waals surface area contributed by atoms with Crippen LogP contribution in [0.3, 0.4) is 0 Å². The van der Waals surface area contributed by atoms with E-state index in [9.17, 15) is 24.1 Å². The predicted molar refractivity (Wildman–Crippen MR) is 75.4 cm³/mol. The summed E-state index contributed by atoms with van der Waals surface area (Å²) in [6, 6.07) is 2.83. The molecule has 1 aromatic carbocycles. The summed E-state index contributed by atoms with van der Waals surface area (Å²) in [5.41, 5.74) is -0.705. The first-order valence-electron chi connectivity index (χ1n) is 6.90. The number of hydrogen-bond donors (Lipinski definition) is 0. The molecule has 22 heavy (non-hydrogen) atoms. The monoisotopic (exact) mass is 304 g/mol. The van der Waals surface area contributed by atoms with Crippen LogP contribution in [0.25, 0.3) is 0 Å². The Morgan fingerprint density at radius 1 is 1.32 bits per heavy atom. The van der Waals surface area contributed by atoms with Crippen molar-refractivity contribution in [3.63, 3.8) is 0 Å². The lowest BCUT2D eigenvalue weighted by molar-refractivity contribution is -0.384. The van der Waals surface area contributed by atoms with Gasteiger partial charge in [0.25, 0.3) is 5.69 Å². The van der Waals surface area contributed by atoms with E-state index < -0.39 is 34.4 Å². The number of hydrogen-bond acceptors (Lipinski definition) is 4. The van der Waals surface area contributed by atoms with Gasteiger partial charge in [0.1, 0.15) is 5.82 Å². The zero-order chi connectivity index (χ0) is 16.0. The fourth-order valence-electron chi connectivity index (χ4n) is 3.17. The molecule has 6 nitrogen and oxygen atoms in total. The van der Waals surface area contributed by atoms with Gasteiger partial charge >= 0.3 is 0 Å². The van der Waals surface area contributed by atoms with Crippen LogP contribution in [0, 0.1) is 33.7 Å². The molecule has 1 aliphatic heterocycles. The molecule has 0 N–H and O–H groups in total. The Labute approximate surface area is 125 Å². The summed E-state index contributed by atoms with van der Waals surface area (Å²) < 4.78 is 14.0. The number of halogens is 1. The molecule has 0 spiro atoms. The lowest BCUT2D eigenvalue weighted by Gasteiger charge is -2.22. The Morgan fingerprint density at radius 3 is 2.68 bits per heavy atom. The summed E-state index contributed by atoms with van der Waals surface area (Å²) >= 11 is 0. The topological polar surface area (TPSA) is 80.5 Å². The van der Waals surface area contributed by atoms with Crippen LogP contribution in [0.5, 0.6) is 0 Å². The highest BCUT2D eigenvalue weighted by Gasteiger charge is 2.51. The van der Waals surface area contributed by atoms with Gasteiger partial charge in [-0.05, 0) is 18.4 Å². The third kappa shape index (κ3) is 2.01. The molecule has 1 saturated heterocycles. The molecule has 1 aromatic rings. The number of fused-ring (bicyclic) bond motifs is 1. The molecule has 1 heterocycles. The van der Waals surface area contributed by atoms with E-state index in [-0.39, 0.29) is 17.3 Å². The Hall–Kier alpha value is -2.57. The number of anilines is 1. The Morgan fingerprint density at radius 2 is 2.05 bits per heavy atom. The van der Waals surface area contributed by atoms with Gasteiger partial charge in [0, 0.05) is 12.1 Å². The van der Waals surface area contributed by atoms with Crippen LogP contribution >= 0.6 is 0 Å². The van der Waals surface area contributed by atoms with Gasteiger partial charge in [-0.2, -0.15) is 0 Å². The molecule has 3 rings (SSSR count). The molecule has 7 heteroatoms. The minimum atomic E-state index is -0.827. The highest BCUT2D eigenvalue weighted by atomic mass is 19.1. The van der Waals surface area contributed by atoms with Crippen molar-refractivity contribution in [1.29, 1.82) is 0 Å². The van der Waals surface area contributed by atoms with Crippen LogP contribution in [0.1, 0.15) is 13.3 Å². The predicted octanol–water partition coefficient (Wildman–Crippen LogP) is 2.44. The molecule has 114 valence electrons. The number of allylic oxidation sites excluding steroid dienone is 2. The lowest BCUT2D eigenvalue weighted by Crippen LogP contribution is -2.32. The molecule has 0 unspecified atom stereocenters. The van der Waals surface area contributed by atoms with Crippen molar-refractivity contribution in [2.75, 3.05) is 4.90 Å². The fourth-order valence-corrected chi connectivity index (χ4v) is 3.17. The SMILES string of the molecule is C[C@@H]1C=CC[C@@H]2C(=O)N(c3cc([N+](=O)[O-])ccc3F)C(=O)[C@@H]12. The summed E-state index contributed by atoms with van der Waals surface area (Å²) in [6.45, 7) is 1.83. The van der Waals surface area contributed by atoms with Gasteiger partial charge in [-0.15, -0.1) is 0 Å². The smallest absolute Gasteiger partial charge is 0.271 e. The van der Waals surface area contributed by atoms with Crippen LogP contribution in [-0.2, 0) is 9.59 Å². The summed E-state index contributed by atoms with van der Waals surface area (Å²) in [4.78, 5) is 35.9. The van der Waals surface area contributed by atoms with Crippen molar-refractivity contribution < 1.29 is 18.9 Å². The van der Waals surface area contributed by atoms with E-state index in [0.29, 0.717) is 6.42 Å². The third-order valence-electron chi connectivity index (χ3n) is 4.25. The molecule has 1 aliphatic carbocycles. The Balaban J connectivity index is 2.06. The van der Waals surface area contributed by atoms with E-state index in [1.54, 1.807) is 0 Å². The first kappa shape index (κ1) is 14.4. The molecule has 0 bridgehead atoms. The van der Waals surface area contributed by atoms with Crippen molar-refractivity contribution in [2.45, 2.75) is 13.3 Å². The van der Waals surface area contributed by atoms with E-state index >= 15 is 0 Å². The molecule has 0 radical (unpaired) electrons. The van der Waals surface area contributed by atoms with Crippen molar-refractivity contribution in [1.82, 2.24) is 0 Å². The van der Waals surface area contributed by atoms with Gasteiger partial charge in [0.05, 0.1) is 22.4 Å². The molecule has 0 saturated carbocycles. The number of nitro groups is 1. The number of rotatable bonds is 2. The fraction of sp³-hybridized carbons (Fsp3) is 0.333. The summed E-state index contributed by atoms with van der Waals surface area (Å²) in [5.74, 6) is -2.99. The minimum Gasteiger partial charge on any atom is -0.274 e. The van der Waals surface area contributed by atoms with Crippen LogP contribution in [0.2, 0.25) is 0 Å². The van der Waals surface area contributed by atoms with E-state index in [1.165, 1.54) is 0 Å². The van der Waals surface area contributed by atoms with Crippen LogP contribution in [0.15, 0.2) is 30.4 Å². The van der Waals surface area contributed by atoms with E-state index in [4.69, 9.17) is 0 Å². The molecule has 3 atom stereocenters. The number of benzene rings is 1. The number of non-ortho nitro benzene ring substituents is 1. The maximum Gasteiger partial charge on any atom is 0.271 e. The van der Waals surface area contributed by atoms with E-state index in [1.807, 2.05) is 19.1 Å². The van der Waals surface area contributed by atoms with Crippen molar-refractivity contribution in [3.05, 3.63) is 46.3 Å². The summed E-state index contributed by atoms with van der Waals surface area (Å²) in [7, 11) is 0. The third-order valence-corrected chi connectivity index (χ3v) is 4.25. The molecule has 1 fully saturated rings. The largest absolute Gasteiger partial charge is 0.274 e. The Kier molecular flexibility index (Phi) is 3.27. The van der Waals surface area contributed by atoms with Gasteiger partial charge in [0.2, 0.25) is 11.8 Å². The highest BCUT2D eigenvalue weighted by molar-refractivity contribution is 6.22. The van der Waals surface area contributed by atoms with Gasteiger partial charge in [-0.1, -0.05) is 19.1 Å². The number of amides is 2. The van der Waals surface area contributed by atoms with Crippen LogP contribution in [0.4, 0.5) is 15.8 Å².